The van der Waals surface area contributed by atoms with Gasteiger partial charge in [-0.1, -0.05) is 13.2 Å². The highest BCUT2D eigenvalue weighted by molar-refractivity contribution is 5.81. The van der Waals surface area contributed by atoms with Gasteiger partial charge in [0.05, 0.1) is 105 Å². The predicted octanol–water partition coefficient (Wildman–Crippen LogP) is -5.86. The standard InChI is InChI=1S/C38H70N2O21/c1-3-35(50)58-20-30(47)18-56-32(23-54-17-29(46)14-39(5-9-41)6-10-42)22-53-16-28(45)13-38(52)26-55-24-33(57-19-31(48)21-59-36(51)4-2)25-60-37(61-27-38)34(49)15-40(7-11-43)8-12-44/h3-4,28-34,37,41-49,52H,1-2,5-27H2. The molecule has 0 aromatic rings. The van der Waals surface area contributed by atoms with Crippen LogP contribution in [0.1, 0.15) is 6.42 Å². The average Bonchev–Trinajstić information content (AvgIpc) is 3.22. The molecular weight excluding hydrogens is 820 g/mol. The summed E-state index contributed by atoms with van der Waals surface area (Å²) in [6, 6.07) is 0. The molecule has 0 aliphatic carbocycles. The largest absolute Gasteiger partial charge is 0.460 e. The molecule has 9 atom stereocenters. The van der Waals surface area contributed by atoms with E-state index in [0.29, 0.717) is 0 Å². The van der Waals surface area contributed by atoms with Crippen molar-refractivity contribution >= 4 is 11.9 Å². The van der Waals surface area contributed by atoms with Crippen molar-refractivity contribution in [2.24, 2.45) is 0 Å². The van der Waals surface area contributed by atoms with E-state index in [9.17, 15) is 60.7 Å². The summed E-state index contributed by atoms with van der Waals surface area (Å²) >= 11 is 0. The average molecular weight is 891 g/mol. The van der Waals surface area contributed by atoms with Crippen molar-refractivity contribution in [3.63, 3.8) is 0 Å². The number of carbonyl (C=O) groups excluding carboxylic acids is 2. The van der Waals surface area contributed by atoms with Crippen LogP contribution in [-0.2, 0) is 52.2 Å². The number of aliphatic hydroxyl groups is 10. The van der Waals surface area contributed by atoms with Gasteiger partial charge in [-0.15, -0.1) is 0 Å². The fraction of sp³-hybridized carbons (Fsp3) is 0.842. The van der Waals surface area contributed by atoms with Crippen molar-refractivity contribution < 1.29 is 103 Å². The van der Waals surface area contributed by atoms with Crippen molar-refractivity contribution in [3.05, 3.63) is 25.3 Å². The van der Waals surface area contributed by atoms with Gasteiger partial charge in [-0.05, 0) is 0 Å². The Labute approximate surface area is 356 Å². The Morgan fingerprint density at radius 1 is 0.656 bits per heavy atom. The molecule has 358 valence electrons. The first kappa shape index (κ1) is 56.7. The van der Waals surface area contributed by atoms with Crippen LogP contribution in [0.25, 0.3) is 0 Å². The second kappa shape index (κ2) is 34.1. The third-order valence-corrected chi connectivity index (χ3v) is 8.59. The van der Waals surface area contributed by atoms with Gasteiger partial charge in [-0.25, -0.2) is 9.59 Å². The van der Waals surface area contributed by atoms with Gasteiger partial charge in [0.1, 0.15) is 49.3 Å². The highest BCUT2D eigenvalue weighted by Crippen LogP contribution is 2.20. The summed E-state index contributed by atoms with van der Waals surface area (Å²) in [5, 5.41) is 102. The molecule has 1 rings (SSSR count). The van der Waals surface area contributed by atoms with Gasteiger partial charge in [-0.2, -0.15) is 0 Å². The van der Waals surface area contributed by atoms with Crippen LogP contribution < -0.4 is 0 Å². The van der Waals surface area contributed by atoms with Crippen LogP contribution in [0, 0.1) is 0 Å². The number of nitrogens with zero attached hydrogens (tertiary/aromatic N) is 2. The Kier molecular flexibility index (Phi) is 31.7. The molecule has 23 heteroatoms. The van der Waals surface area contributed by atoms with Crippen molar-refractivity contribution in [1.82, 2.24) is 9.80 Å². The minimum atomic E-state index is -1.90. The van der Waals surface area contributed by atoms with Gasteiger partial charge < -0.3 is 93.7 Å². The van der Waals surface area contributed by atoms with E-state index in [1.54, 1.807) is 9.80 Å². The van der Waals surface area contributed by atoms with Crippen LogP contribution in [0.3, 0.4) is 0 Å². The number of carbonyl (C=O) groups is 2. The maximum atomic E-state index is 11.6. The zero-order chi connectivity index (χ0) is 45.5. The first-order chi connectivity index (χ1) is 29.2. The van der Waals surface area contributed by atoms with Crippen LogP contribution in [0.5, 0.6) is 0 Å². The Morgan fingerprint density at radius 3 is 1.72 bits per heavy atom. The smallest absolute Gasteiger partial charge is 0.330 e. The van der Waals surface area contributed by atoms with Crippen molar-refractivity contribution in [1.29, 1.82) is 0 Å². The van der Waals surface area contributed by atoms with Crippen molar-refractivity contribution in [2.45, 2.75) is 61.0 Å². The van der Waals surface area contributed by atoms with Crippen LogP contribution >= 0.6 is 0 Å². The van der Waals surface area contributed by atoms with E-state index in [-0.39, 0.29) is 138 Å². The van der Waals surface area contributed by atoms with Crippen LogP contribution in [0.4, 0.5) is 0 Å². The molecule has 0 aromatic carbocycles. The molecule has 0 saturated carbocycles. The molecule has 0 bridgehead atoms. The minimum Gasteiger partial charge on any atom is -0.460 e. The topological polar surface area (TPSA) is 326 Å². The molecule has 1 heterocycles. The molecule has 1 aliphatic heterocycles. The lowest BCUT2D eigenvalue weighted by molar-refractivity contribution is -0.250. The minimum absolute atomic E-state index is 0.0998. The van der Waals surface area contributed by atoms with Gasteiger partial charge in [0, 0.05) is 57.8 Å². The second-order valence-corrected chi connectivity index (χ2v) is 14.3. The van der Waals surface area contributed by atoms with Crippen LogP contribution in [-0.4, -0.2) is 272 Å². The quantitative estimate of drug-likeness (QED) is 0.0209. The molecule has 0 spiro atoms. The first-order valence-electron chi connectivity index (χ1n) is 20.0. The molecule has 10 N–H and O–H groups in total. The van der Waals surface area contributed by atoms with Gasteiger partial charge >= 0.3 is 11.9 Å². The molecule has 0 radical (unpaired) electrons. The SMILES string of the molecule is C=CC(=O)OCC(O)COC(COCC(O)CN(CCO)CCO)COCC(O)CC1(O)COCC(OCC(O)COC(=O)C=C)COC(C(O)CN(CCO)CCO)OC1. The zero-order valence-electron chi connectivity index (χ0n) is 34.8. The van der Waals surface area contributed by atoms with Crippen molar-refractivity contribution in [2.75, 3.05) is 145 Å². The normalized spacial score (nSPS) is 21.9. The molecule has 0 amide bonds. The number of rotatable bonds is 35. The van der Waals surface area contributed by atoms with Crippen LogP contribution in [0.15, 0.2) is 25.3 Å². The lowest BCUT2D eigenvalue weighted by Gasteiger charge is -2.36. The Balaban J connectivity index is 2.99. The van der Waals surface area contributed by atoms with E-state index in [2.05, 4.69) is 13.2 Å². The number of esters is 2. The van der Waals surface area contributed by atoms with Gasteiger partial charge in [0.25, 0.3) is 0 Å². The van der Waals surface area contributed by atoms with E-state index in [1.165, 1.54) is 0 Å². The van der Waals surface area contributed by atoms with Gasteiger partial charge in [0.15, 0.2) is 6.29 Å². The maximum Gasteiger partial charge on any atom is 0.330 e. The van der Waals surface area contributed by atoms with Gasteiger partial charge in [0.2, 0.25) is 0 Å². The van der Waals surface area contributed by atoms with E-state index >= 15 is 0 Å². The lowest BCUT2D eigenvalue weighted by atomic mass is 9.98. The number of ether oxygens (including phenoxy) is 9. The van der Waals surface area contributed by atoms with Crippen LogP contribution in [0.2, 0.25) is 0 Å². The zero-order valence-corrected chi connectivity index (χ0v) is 34.8. The highest BCUT2D eigenvalue weighted by Gasteiger charge is 2.36. The Morgan fingerprint density at radius 2 is 1.18 bits per heavy atom. The van der Waals surface area contributed by atoms with E-state index in [1.807, 2.05) is 0 Å². The van der Waals surface area contributed by atoms with Gasteiger partial charge in [-0.3, -0.25) is 9.80 Å². The third kappa shape index (κ3) is 27.5. The molecule has 23 nitrogen and oxygen atoms in total. The maximum absolute atomic E-state index is 11.6. The van der Waals surface area contributed by atoms with Crippen molar-refractivity contribution in [3.8, 4) is 0 Å². The fourth-order valence-corrected chi connectivity index (χ4v) is 5.63. The summed E-state index contributed by atoms with van der Waals surface area (Å²) < 4.78 is 49.8. The number of aliphatic hydroxyl groups excluding tert-OH is 9. The molecule has 9 unspecified atom stereocenters. The predicted molar refractivity (Wildman–Crippen MR) is 211 cm³/mol. The molecule has 1 aliphatic rings. The van der Waals surface area contributed by atoms with E-state index in [0.717, 1.165) is 12.2 Å². The molecular formula is C38H70N2O21. The summed E-state index contributed by atoms with van der Waals surface area (Å²) in [4.78, 5) is 26.0. The first-order valence-corrected chi connectivity index (χ1v) is 20.0. The van der Waals surface area contributed by atoms with E-state index < -0.39 is 79.8 Å². The lowest BCUT2D eigenvalue weighted by Crippen LogP contribution is -2.50. The molecule has 61 heavy (non-hydrogen) atoms. The molecule has 0 aromatic heterocycles. The fourth-order valence-electron chi connectivity index (χ4n) is 5.63. The summed E-state index contributed by atoms with van der Waals surface area (Å²) in [5.74, 6) is -1.49. The summed E-state index contributed by atoms with van der Waals surface area (Å²) in [7, 11) is 0. The summed E-state index contributed by atoms with van der Waals surface area (Å²) in [6.07, 6.45) is -7.83. The number of hydrogen-bond donors (Lipinski definition) is 10. The Hall–Kier alpha value is -2.34. The van der Waals surface area contributed by atoms with E-state index in [4.69, 9.17) is 42.6 Å². The second-order valence-electron chi connectivity index (χ2n) is 14.3. The summed E-state index contributed by atoms with van der Waals surface area (Å²) in [6.45, 7) is 2.77. The molecule has 1 fully saturated rings. The number of hydrogen-bond acceptors (Lipinski definition) is 23. The molecule has 1 saturated heterocycles. The third-order valence-electron chi connectivity index (χ3n) is 8.59. The monoisotopic (exact) mass is 890 g/mol. The summed E-state index contributed by atoms with van der Waals surface area (Å²) in [5.41, 5.74) is -1.90. The Bertz CT molecular complexity index is 1150. The highest BCUT2D eigenvalue weighted by atomic mass is 16.7.